The van der Waals surface area contributed by atoms with Crippen molar-refractivity contribution >= 4 is 49.2 Å². The van der Waals surface area contributed by atoms with Crippen LogP contribution in [0, 0.1) is 0 Å². The third-order valence-electron chi connectivity index (χ3n) is 10.6. The topological polar surface area (TPSA) is 48.5 Å². The van der Waals surface area contributed by atoms with Gasteiger partial charge in [-0.1, -0.05) is 164 Å². The number of hydrogen-bond acceptors (Lipinski definition) is 3. The minimum atomic E-state index is 0.573. The second kappa shape index (κ2) is 14.2. The summed E-state index contributed by atoms with van der Waals surface area (Å²) in [6.45, 7) is 6.00. The SMILES string of the molecule is C=C/C=C(\C=C/C)c1cccc(-n2c3ccccc3c3ccc(-c4ccc5c6ccccc6n(-c6nc(-c7ccccc7)nc(-c7ccccc7)n6)c5c4)cc32)c1. The largest absolute Gasteiger partial charge is 0.309 e. The molecule has 5 heteroatoms. The van der Waals surface area contributed by atoms with Gasteiger partial charge in [-0.25, -0.2) is 4.98 Å². The first-order valence-electron chi connectivity index (χ1n) is 19.2. The molecule has 0 radical (unpaired) electrons. The molecule has 3 aromatic heterocycles. The summed E-state index contributed by atoms with van der Waals surface area (Å²) in [6.07, 6.45) is 8.09. The number of aromatic nitrogens is 5. The zero-order chi connectivity index (χ0) is 38.3. The lowest BCUT2D eigenvalue weighted by Crippen LogP contribution is -2.06. The molecule has 7 aromatic carbocycles. The molecule has 0 saturated heterocycles. The Bertz CT molecular complexity index is 3140. The van der Waals surface area contributed by atoms with E-state index in [2.05, 4.69) is 143 Å². The van der Waals surface area contributed by atoms with Crippen LogP contribution < -0.4 is 0 Å². The maximum atomic E-state index is 5.15. The normalized spacial score (nSPS) is 12.1. The molecule has 0 unspecified atom stereocenters. The van der Waals surface area contributed by atoms with Crippen LogP contribution in [0.15, 0.2) is 201 Å². The van der Waals surface area contributed by atoms with Gasteiger partial charge in [0, 0.05) is 38.4 Å². The van der Waals surface area contributed by atoms with Crippen molar-refractivity contribution in [3.05, 3.63) is 206 Å². The average molecular weight is 732 g/mol. The molecule has 3 heterocycles. The number of fused-ring (bicyclic) bond motifs is 6. The van der Waals surface area contributed by atoms with E-state index in [1.165, 1.54) is 10.8 Å². The predicted octanol–water partition coefficient (Wildman–Crippen LogP) is 13.2. The van der Waals surface area contributed by atoms with Crippen molar-refractivity contribution in [2.24, 2.45) is 0 Å². The van der Waals surface area contributed by atoms with Crippen LogP contribution in [-0.4, -0.2) is 24.1 Å². The molecule has 0 aliphatic heterocycles. The Balaban J connectivity index is 1.19. The molecule has 0 aliphatic carbocycles. The Hall–Kier alpha value is -7.63. The minimum absolute atomic E-state index is 0.573. The van der Waals surface area contributed by atoms with Gasteiger partial charge in [0.1, 0.15) is 0 Å². The standard InChI is InChI=1S/C52H37N5/c1-3-16-35(17-4-2)38-22-15-23-41(32-38)56-46-26-13-11-24-42(46)44-30-28-39(33-48(44)56)40-29-31-45-43-25-12-14-27-47(43)57(49(45)34-40)52-54-50(36-18-7-5-8-19-36)53-51(55-52)37-20-9-6-10-21-37/h3-34H,1H2,2H3/b17-4-,35-16+. The van der Waals surface area contributed by atoms with E-state index < -0.39 is 0 Å². The van der Waals surface area contributed by atoms with Crippen LogP contribution in [0.4, 0.5) is 0 Å². The van der Waals surface area contributed by atoms with Gasteiger partial charge in [0.2, 0.25) is 5.95 Å². The maximum Gasteiger partial charge on any atom is 0.238 e. The van der Waals surface area contributed by atoms with E-state index >= 15 is 0 Å². The van der Waals surface area contributed by atoms with Crippen molar-refractivity contribution in [3.8, 4) is 45.5 Å². The van der Waals surface area contributed by atoms with Gasteiger partial charge in [0.15, 0.2) is 11.6 Å². The van der Waals surface area contributed by atoms with Gasteiger partial charge in [-0.2, -0.15) is 9.97 Å². The number of benzene rings is 7. The lowest BCUT2D eigenvalue weighted by atomic mass is 10.0. The molecule has 270 valence electrons. The first kappa shape index (κ1) is 33.9. The summed E-state index contributed by atoms with van der Waals surface area (Å²) in [5, 5.41) is 4.69. The van der Waals surface area contributed by atoms with Gasteiger partial charge in [-0.05, 0) is 65.6 Å². The third kappa shape index (κ3) is 5.94. The Morgan fingerprint density at radius 3 is 1.58 bits per heavy atom. The molecule has 5 nitrogen and oxygen atoms in total. The summed E-state index contributed by atoms with van der Waals surface area (Å²) in [4.78, 5) is 15.3. The fourth-order valence-corrected chi connectivity index (χ4v) is 8.07. The Labute approximate surface area is 330 Å². The van der Waals surface area contributed by atoms with Crippen molar-refractivity contribution in [1.29, 1.82) is 0 Å². The molecule has 0 aliphatic rings. The highest BCUT2D eigenvalue weighted by molar-refractivity contribution is 6.12. The number of nitrogens with zero attached hydrogens (tertiary/aromatic N) is 5. The first-order chi connectivity index (χ1) is 28.2. The Morgan fingerprint density at radius 2 is 1.00 bits per heavy atom. The molecule has 0 spiro atoms. The third-order valence-corrected chi connectivity index (χ3v) is 10.6. The molecule has 0 amide bonds. The lowest BCUT2D eigenvalue weighted by molar-refractivity contribution is 0.953. The van der Waals surface area contributed by atoms with Crippen LogP contribution in [0.3, 0.4) is 0 Å². The van der Waals surface area contributed by atoms with Crippen LogP contribution in [0.5, 0.6) is 0 Å². The first-order valence-corrected chi connectivity index (χ1v) is 19.2. The smallest absolute Gasteiger partial charge is 0.238 e. The summed E-state index contributed by atoms with van der Waals surface area (Å²) in [5.74, 6) is 1.83. The average Bonchev–Trinajstić information content (AvgIpc) is 3.79. The monoisotopic (exact) mass is 731 g/mol. The zero-order valence-corrected chi connectivity index (χ0v) is 31.4. The van der Waals surface area contributed by atoms with Gasteiger partial charge in [0.05, 0.1) is 22.1 Å². The van der Waals surface area contributed by atoms with E-state index in [-0.39, 0.29) is 0 Å². The molecular formula is C52H37N5. The van der Waals surface area contributed by atoms with Crippen LogP contribution in [0.25, 0.3) is 94.7 Å². The molecule has 0 bridgehead atoms. The van der Waals surface area contributed by atoms with Gasteiger partial charge in [-0.3, -0.25) is 4.57 Å². The van der Waals surface area contributed by atoms with Crippen LogP contribution in [0.1, 0.15) is 12.5 Å². The molecule has 0 fully saturated rings. The predicted molar refractivity (Wildman–Crippen MR) is 238 cm³/mol. The molecule has 10 rings (SSSR count). The number of allylic oxidation sites excluding steroid dienone is 5. The van der Waals surface area contributed by atoms with Gasteiger partial charge in [0.25, 0.3) is 0 Å². The van der Waals surface area contributed by atoms with Crippen LogP contribution >= 0.6 is 0 Å². The lowest BCUT2D eigenvalue weighted by Gasteiger charge is -2.12. The van der Waals surface area contributed by atoms with Crippen molar-refractivity contribution in [2.75, 3.05) is 0 Å². The van der Waals surface area contributed by atoms with E-state index in [9.17, 15) is 0 Å². The van der Waals surface area contributed by atoms with Crippen molar-refractivity contribution in [1.82, 2.24) is 24.1 Å². The summed E-state index contributed by atoms with van der Waals surface area (Å²) < 4.78 is 4.57. The van der Waals surface area contributed by atoms with E-state index in [0.29, 0.717) is 17.6 Å². The molecule has 0 atom stereocenters. The van der Waals surface area contributed by atoms with Crippen molar-refractivity contribution in [3.63, 3.8) is 0 Å². The summed E-state index contributed by atoms with van der Waals surface area (Å²) in [7, 11) is 0. The summed E-state index contributed by atoms with van der Waals surface area (Å²) >= 11 is 0. The second-order valence-electron chi connectivity index (χ2n) is 14.1. The zero-order valence-electron chi connectivity index (χ0n) is 31.4. The highest BCUT2D eigenvalue weighted by Crippen LogP contribution is 2.38. The highest BCUT2D eigenvalue weighted by atomic mass is 15.2. The molecular weight excluding hydrogens is 695 g/mol. The number of rotatable bonds is 8. The highest BCUT2D eigenvalue weighted by Gasteiger charge is 2.19. The number of hydrogen-bond donors (Lipinski definition) is 0. The van der Waals surface area contributed by atoms with E-state index in [4.69, 9.17) is 15.0 Å². The fraction of sp³-hybridized carbons (Fsp3) is 0.0192. The van der Waals surface area contributed by atoms with Gasteiger partial charge in [-0.15, -0.1) is 0 Å². The van der Waals surface area contributed by atoms with E-state index in [0.717, 1.165) is 71.9 Å². The van der Waals surface area contributed by atoms with Crippen molar-refractivity contribution in [2.45, 2.75) is 6.92 Å². The fourth-order valence-electron chi connectivity index (χ4n) is 8.07. The summed E-state index contributed by atoms with van der Waals surface area (Å²) in [6, 6.07) is 59.7. The van der Waals surface area contributed by atoms with Crippen LogP contribution in [-0.2, 0) is 0 Å². The Morgan fingerprint density at radius 1 is 0.474 bits per heavy atom. The van der Waals surface area contributed by atoms with E-state index in [1.807, 2.05) is 73.7 Å². The van der Waals surface area contributed by atoms with Gasteiger partial charge < -0.3 is 4.57 Å². The van der Waals surface area contributed by atoms with E-state index in [1.54, 1.807) is 0 Å². The number of para-hydroxylation sites is 2. The molecule has 10 aromatic rings. The molecule has 57 heavy (non-hydrogen) atoms. The Kier molecular flexibility index (Phi) is 8.46. The molecule has 0 N–H and O–H groups in total. The molecule has 0 saturated carbocycles. The second-order valence-corrected chi connectivity index (χ2v) is 14.1. The van der Waals surface area contributed by atoms with Crippen molar-refractivity contribution < 1.29 is 0 Å². The minimum Gasteiger partial charge on any atom is -0.309 e. The quantitative estimate of drug-likeness (QED) is 0.146. The van der Waals surface area contributed by atoms with Crippen LogP contribution in [0.2, 0.25) is 0 Å². The summed E-state index contributed by atoms with van der Waals surface area (Å²) in [5.41, 5.74) is 11.8. The van der Waals surface area contributed by atoms with Gasteiger partial charge >= 0.3 is 0 Å². The maximum absolute atomic E-state index is 5.15.